The third-order valence-electron chi connectivity index (χ3n) is 3.66. The number of benzene rings is 1. The summed E-state index contributed by atoms with van der Waals surface area (Å²) in [5.41, 5.74) is 2.71. The van der Waals surface area contributed by atoms with E-state index < -0.39 is 5.97 Å². The van der Waals surface area contributed by atoms with Gasteiger partial charge in [-0.25, -0.2) is 0 Å². The Labute approximate surface area is 103 Å². The fourth-order valence-corrected chi connectivity index (χ4v) is 2.54. The number of carbonyl (C=O) groups is 1. The highest BCUT2D eigenvalue weighted by molar-refractivity contribution is 5.69. The predicted molar refractivity (Wildman–Crippen MR) is 68.1 cm³/mol. The molecule has 1 aromatic carbocycles. The Morgan fingerprint density at radius 1 is 0.941 bits per heavy atom. The summed E-state index contributed by atoms with van der Waals surface area (Å²) >= 11 is 0. The normalized spacial score (nSPS) is 21.5. The van der Waals surface area contributed by atoms with E-state index in [2.05, 4.69) is 24.3 Å². The molecule has 0 aliphatic heterocycles. The molecule has 17 heavy (non-hydrogen) atoms. The Morgan fingerprint density at radius 2 is 1.47 bits per heavy atom. The van der Waals surface area contributed by atoms with Crippen molar-refractivity contribution in [2.24, 2.45) is 5.92 Å². The maximum Gasteiger partial charge on any atom is 0.306 e. The van der Waals surface area contributed by atoms with Gasteiger partial charge in [0.2, 0.25) is 0 Å². The number of rotatable bonds is 1. The van der Waals surface area contributed by atoms with Crippen molar-refractivity contribution in [3.8, 4) is 0 Å². The summed E-state index contributed by atoms with van der Waals surface area (Å²) in [6.45, 7) is 0. The summed E-state index contributed by atoms with van der Waals surface area (Å²) in [5, 5.41) is 9.13. The minimum Gasteiger partial charge on any atom is -0.481 e. The highest BCUT2D eigenvalue weighted by atomic mass is 16.4. The first-order chi connectivity index (χ1) is 8.25. The molecule has 0 heterocycles. The Bertz CT molecular complexity index is 367. The van der Waals surface area contributed by atoms with Crippen molar-refractivity contribution in [1.82, 2.24) is 0 Å². The average Bonchev–Trinajstić information content (AvgIpc) is 2.30. The smallest absolute Gasteiger partial charge is 0.306 e. The number of carboxylic acid groups (broad SMARTS) is 1. The molecule has 92 valence electrons. The van der Waals surface area contributed by atoms with Gasteiger partial charge in [0.05, 0.1) is 5.92 Å². The first-order valence-corrected chi connectivity index (χ1v) is 6.56. The van der Waals surface area contributed by atoms with Gasteiger partial charge in [-0.1, -0.05) is 30.7 Å². The lowest BCUT2D eigenvalue weighted by molar-refractivity contribution is -0.142. The standard InChI is InChI=1S/C15H20O2/c16-15(17)14-6-2-1-4-12-8-10-13(11-9-12)5-3-7-14/h8-11,14H,1-7H2,(H,16,17). The molecule has 2 bridgehead atoms. The van der Waals surface area contributed by atoms with Gasteiger partial charge in [0, 0.05) is 0 Å². The van der Waals surface area contributed by atoms with E-state index in [4.69, 9.17) is 5.11 Å². The molecule has 1 atom stereocenters. The molecule has 2 aliphatic carbocycles. The lowest BCUT2D eigenvalue weighted by atomic mass is 9.92. The highest BCUT2D eigenvalue weighted by Crippen LogP contribution is 2.20. The van der Waals surface area contributed by atoms with Crippen LogP contribution < -0.4 is 0 Å². The number of carboxylic acids is 1. The van der Waals surface area contributed by atoms with Crippen LogP contribution in [-0.2, 0) is 17.6 Å². The van der Waals surface area contributed by atoms with Crippen LogP contribution in [0.2, 0.25) is 0 Å². The monoisotopic (exact) mass is 232 g/mol. The molecule has 1 aromatic rings. The summed E-state index contributed by atoms with van der Waals surface area (Å²) in [5.74, 6) is -0.748. The van der Waals surface area contributed by atoms with E-state index in [9.17, 15) is 4.79 Å². The van der Waals surface area contributed by atoms with E-state index in [1.165, 1.54) is 11.1 Å². The molecular formula is C15H20O2. The molecule has 0 amide bonds. The van der Waals surface area contributed by atoms with Crippen LogP contribution in [0, 0.1) is 5.92 Å². The minimum absolute atomic E-state index is 0.133. The van der Waals surface area contributed by atoms with Crippen LogP contribution in [0.25, 0.3) is 0 Å². The largest absolute Gasteiger partial charge is 0.481 e. The molecular weight excluding hydrogens is 212 g/mol. The lowest BCUT2D eigenvalue weighted by Crippen LogP contribution is -2.14. The first kappa shape index (κ1) is 12.2. The second-order valence-corrected chi connectivity index (χ2v) is 4.99. The van der Waals surface area contributed by atoms with Crippen molar-refractivity contribution in [2.45, 2.75) is 44.9 Å². The topological polar surface area (TPSA) is 37.3 Å². The second-order valence-electron chi connectivity index (χ2n) is 4.99. The third-order valence-corrected chi connectivity index (χ3v) is 3.66. The van der Waals surface area contributed by atoms with E-state index >= 15 is 0 Å². The van der Waals surface area contributed by atoms with Gasteiger partial charge in [-0.2, -0.15) is 0 Å². The molecule has 0 saturated carbocycles. The molecule has 0 fully saturated rings. The lowest BCUT2D eigenvalue weighted by Gasteiger charge is -2.13. The van der Waals surface area contributed by atoms with Crippen molar-refractivity contribution in [1.29, 1.82) is 0 Å². The minimum atomic E-state index is -0.615. The second kappa shape index (κ2) is 5.85. The Kier molecular flexibility index (Phi) is 4.18. The summed E-state index contributed by atoms with van der Waals surface area (Å²) in [6, 6.07) is 8.80. The van der Waals surface area contributed by atoms with Crippen LogP contribution in [0.4, 0.5) is 0 Å². The fraction of sp³-hybridized carbons (Fsp3) is 0.533. The SMILES string of the molecule is O=C(O)C1CCCCc2ccc(cc2)CCC1. The highest BCUT2D eigenvalue weighted by Gasteiger charge is 2.16. The zero-order valence-corrected chi connectivity index (χ0v) is 10.2. The van der Waals surface area contributed by atoms with Gasteiger partial charge in [0.25, 0.3) is 0 Å². The van der Waals surface area contributed by atoms with Crippen LogP contribution in [0.5, 0.6) is 0 Å². The number of hydrogen-bond donors (Lipinski definition) is 1. The summed E-state index contributed by atoms with van der Waals surface area (Å²) in [6.07, 6.45) is 6.84. The van der Waals surface area contributed by atoms with Gasteiger partial charge in [0.15, 0.2) is 0 Å². The van der Waals surface area contributed by atoms with Crippen molar-refractivity contribution >= 4 is 5.97 Å². The van der Waals surface area contributed by atoms with Gasteiger partial charge in [-0.3, -0.25) is 4.79 Å². The quantitative estimate of drug-likeness (QED) is 0.805. The molecule has 2 nitrogen and oxygen atoms in total. The molecule has 3 rings (SSSR count). The van der Waals surface area contributed by atoms with Crippen LogP contribution in [-0.4, -0.2) is 11.1 Å². The van der Waals surface area contributed by atoms with Gasteiger partial charge in [-0.05, 0) is 49.7 Å². The molecule has 0 aromatic heterocycles. The molecule has 2 heteroatoms. The Morgan fingerprint density at radius 3 is 2.06 bits per heavy atom. The number of hydrogen-bond acceptors (Lipinski definition) is 1. The molecule has 0 saturated heterocycles. The maximum absolute atomic E-state index is 11.1. The van der Waals surface area contributed by atoms with Gasteiger partial charge in [-0.15, -0.1) is 0 Å². The number of aliphatic carboxylic acids is 1. The first-order valence-electron chi connectivity index (χ1n) is 6.56. The summed E-state index contributed by atoms with van der Waals surface area (Å²) in [4.78, 5) is 11.1. The van der Waals surface area contributed by atoms with E-state index in [0.717, 1.165) is 44.9 Å². The van der Waals surface area contributed by atoms with E-state index in [1.807, 2.05) is 0 Å². The molecule has 2 aliphatic rings. The summed E-state index contributed by atoms with van der Waals surface area (Å²) < 4.78 is 0. The van der Waals surface area contributed by atoms with Crippen molar-refractivity contribution in [2.75, 3.05) is 0 Å². The van der Waals surface area contributed by atoms with Gasteiger partial charge >= 0.3 is 5.97 Å². The number of aryl methyl sites for hydroxylation is 2. The zero-order chi connectivity index (χ0) is 12.1. The van der Waals surface area contributed by atoms with Crippen LogP contribution in [0.3, 0.4) is 0 Å². The molecule has 0 spiro atoms. The predicted octanol–water partition coefficient (Wildman–Crippen LogP) is 3.44. The zero-order valence-electron chi connectivity index (χ0n) is 10.2. The Hall–Kier alpha value is -1.31. The van der Waals surface area contributed by atoms with Crippen molar-refractivity contribution in [3.05, 3.63) is 35.4 Å². The van der Waals surface area contributed by atoms with Crippen molar-refractivity contribution in [3.63, 3.8) is 0 Å². The molecule has 1 N–H and O–H groups in total. The molecule has 0 radical (unpaired) electrons. The molecule has 1 unspecified atom stereocenters. The average molecular weight is 232 g/mol. The van der Waals surface area contributed by atoms with Gasteiger partial charge < -0.3 is 5.11 Å². The fourth-order valence-electron chi connectivity index (χ4n) is 2.54. The third kappa shape index (κ3) is 3.58. The van der Waals surface area contributed by atoms with E-state index in [1.54, 1.807) is 0 Å². The summed E-state index contributed by atoms with van der Waals surface area (Å²) in [7, 11) is 0. The van der Waals surface area contributed by atoms with Crippen LogP contribution >= 0.6 is 0 Å². The van der Waals surface area contributed by atoms with Crippen LogP contribution in [0.1, 0.15) is 43.2 Å². The maximum atomic E-state index is 11.1. The number of fused-ring (bicyclic) bond motifs is 9. The van der Waals surface area contributed by atoms with Crippen molar-refractivity contribution < 1.29 is 9.90 Å². The van der Waals surface area contributed by atoms with Gasteiger partial charge in [0.1, 0.15) is 0 Å². The van der Waals surface area contributed by atoms with Crippen LogP contribution in [0.15, 0.2) is 24.3 Å². The van der Waals surface area contributed by atoms with E-state index in [-0.39, 0.29) is 5.92 Å². The van der Waals surface area contributed by atoms with E-state index in [0.29, 0.717) is 0 Å². The Balaban J connectivity index is 2.04.